The van der Waals surface area contributed by atoms with Crippen LogP contribution in [0.1, 0.15) is 34.6 Å². The summed E-state index contributed by atoms with van der Waals surface area (Å²) in [6.45, 7) is 16.5. The van der Waals surface area contributed by atoms with Crippen molar-refractivity contribution in [2.24, 2.45) is 0 Å². The summed E-state index contributed by atoms with van der Waals surface area (Å²) < 4.78 is 2.63. The van der Waals surface area contributed by atoms with E-state index < -0.39 is 0 Å². The highest BCUT2D eigenvalue weighted by atomic mass is 28.3. The third-order valence-electron chi connectivity index (χ3n) is 2.32. The standard InChI is InChI=1S/C10H24NSi2/c1-8(2)11(9(3)4)12-10(5)13(6)7/h8-10H,1-7H3. The molecule has 0 aliphatic rings. The van der Waals surface area contributed by atoms with E-state index in [1.165, 1.54) is 0 Å². The first kappa shape index (κ1) is 13.4. The third-order valence-corrected chi connectivity index (χ3v) is 7.89. The SMILES string of the molecule is CC(C)N([Si]C(C)[Si](C)C)C(C)C. The highest BCUT2D eigenvalue weighted by Gasteiger charge is 2.19. The average Bonchev–Trinajstić information content (AvgIpc) is 1.97. The van der Waals surface area contributed by atoms with E-state index in [4.69, 9.17) is 0 Å². The van der Waals surface area contributed by atoms with Crippen molar-refractivity contribution in [3.8, 4) is 0 Å². The van der Waals surface area contributed by atoms with Crippen LogP contribution >= 0.6 is 0 Å². The molecule has 0 aromatic rings. The van der Waals surface area contributed by atoms with E-state index >= 15 is 0 Å². The third kappa shape index (κ3) is 4.98. The molecule has 3 radical (unpaired) electrons. The van der Waals surface area contributed by atoms with Crippen molar-refractivity contribution >= 4 is 18.5 Å². The van der Waals surface area contributed by atoms with Gasteiger partial charge in [-0.3, -0.25) is 0 Å². The van der Waals surface area contributed by atoms with Crippen LogP contribution in [0.5, 0.6) is 0 Å². The lowest BCUT2D eigenvalue weighted by molar-refractivity contribution is 0.310. The Morgan fingerprint density at radius 2 is 1.31 bits per heavy atom. The molecule has 0 fully saturated rings. The van der Waals surface area contributed by atoms with Crippen LogP contribution in [0.15, 0.2) is 0 Å². The molecule has 1 unspecified atom stereocenters. The lowest BCUT2D eigenvalue weighted by Gasteiger charge is -2.32. The minimum absolute atomic E-state index is 0.103. The topological polar surface area (TPSA) is 3.24 Å². The van der Waals surface area contributed by atoms with E-state index in [1.54, 1.807) is 0 Å². The summed E-state index contributed by atoms with van der Waals surface area (Å²) >= 11 is 0. The molecule has 3 heteroatoms. The molecule has 1 atom stereocenters. The smallest absolute Gasteiger partial charge is 0.142 e. The van der Waals surface area contributed by atoms with Gasteiger partial charge in [0.2, 0.25) is 0 Å². The second kappa shape index (κ2) is 5.99. The van der Waals surface area contributed by atoms with Crippen molar-refractivity contribution < 1.29 is 0 Å². The Morgan fingerprint density at radius 3 is 1.54 bits per heavy atom. The van der Waals surface area contributed by atoms with Gasteiger partial charge in [0.25, 0.3) is 0 Å². The summed E-state index contributed by atoms with van der Waals surface area (Å²) in [5.74, 6) is 0. The lowest BCUT2D eigenvalue weighted by atomic mass is 10.3. The van der Waals surface area contributed by atoms with E-state index in [-0.39, 0.29) is 8.80 Å². The van der Waals surface area contributed by atoms with Crippen LogP contribution in [0, 0.1) is 0 Å². The Kier molecular flexibility index (Phi) is 6.17. The molecule has 0 rings (SSSR count). The maximum atomic E-state index is 2.63. The minimum Gasteiger partial charge on any atom is -0.321 e. The van der Waals surface area contributed by atoms with Crippen LogP contribution in [0.3, 0.4) is 0 Å². The number of nitrogens with zero attached hydrogens (tertiary/aromatic N) is 1. The molecule has 0 N–H and O–H groups in total. The Bertz CT molecular complexity index is 127. The van der Waals surface area contributed by atoms with Gasteiger partial charge in [0.1, 0.15) is 9.68 Å². The summed E-state index contributed by atoms with van der Waals surface area (Å²) in [4.78, 5) is 0. The quantitative estimate of drug-likeness (QED) is 0.636. The van der Waals surface area contributed by atoms with E-state index in [9.17, 15) is 0 Å². The molecule has 77 valence electrons. The van der Waals surface area contributed by atoms with Gasteiger partial charge in [-0.2, -0.15) is 0 Å². The Hall–Kier alpha value is 0.394. The number of rotatable bonds is 5. The first-order valence-corrected chi connectivity index (χ1v) is 8.81. The van der Waals surface area contributed by atoms with Crippen LogP contribution < -0.4 is 0 Å². The zero-order valence-electron chi connectivity index (χ0n) is 10.2. The molecule has 0 saturated carbocycles. The van der Waals surface area contributed by atoms with Gasteiger partial charge in [-0.05, 0) is 17.2 Å². The van der Waals surface area contributed by atoms with E-state index in [0.717, 1.165) is 14.8 Å². The fourth-order valence-corrected chi connectivity index (χ4v) is 3.77. The highest BCUT2D eigenvalue weighted by Crippen LogP contribution is 2.13. The molecule has 0 bridgehead atoms. The van der Waals surface area contributed by atoms with Gasteiger partial charge in [0, 0.05) is 8.80 Å². The predicted molar refractivity (Wildman–Crippen MR) is 64.8 cm³/mol. The van der Waals surface area contributed by atoms with Crippen LogP contribution in [-0.4, -0.2) is 35.1 Å². The molecule has 1 nitrogen and oxygen atoms in total. The van der Waals surface area contributed by atoms with Crippen LogP contribution in [0.2, 0.25) is 18.3 Å². The maximum absolute atomic E-state index is 2.63. The second-order valence-electron chi connectivity index (χ2n) is 4.52. The summed E-state index contributed by atoms with van der Waals surface area (Å²) in [6.07, 6.45) is 0. The Balaban J connectivity index is 4.10. The normalized spacial score (nSPS) is 15.0. The molecule has 0 aromatic carbocycles. The minimum atomic E-state index is -0.103. The molecule has 0 spiro atoms. The van der Waals surface area contributed by atoms with Crippen molar-refractivity contribution in [3.05, 3.63) is 0 Å². The highest BCUT2D eigenvalue weighted by molar-refractivity contribution is 6.69. The molecular formula is C10H24NSi2. The van der Waals surface area contributed by atoms with Crippen molar-refractivity contribution in [2.45, 2.75) is 65.0 Å². The van der Waals surface area contributed by atoms with Gasteiger partial charge in [-0.1, -0.05) is 47.7 Å². The molecule has 0 heterocycles. The monoisotopic (exact) mass is 214 g/mol. The predicted octanol–water partition coefficient (Wildman–Crippen LogP) is 2.83. The fraction of sp³-hybridized carbons (Fsp3) is 1.00. The number of hydrogen-bond donors (Lipinski definition) is 0. The van der Waals surface area contributed by atoms with E-state index in [0.29, 0.717) is 12.1 Å². The molecule has 13 heavy (non-hydrogen) atoms. The van der Waals surface area contributed by atoms with Crippen molar-refractivity contribution in [3.63, 3.8) is 0 Å². The molecule has 0 saturated heterocycles. The Morgan fingerprint density at radius 1 is 0.923 bits per heavy atom. The average molecular weight is 214 g/mol. The van der Waals surface area contributed by atoms with Gasteiger partial charge in [0.15, 0.2) is 0 Å². The molecule has 0 aromatic heterocycles. The zero-order chi connectivity index (χ0) is 10.6. The molecule has 0 aliphatic carbocycles. The largest absolute Gasteiger partial charge is 0.321 e. The lowest BCUT2D eigenvalue weighted by Crippen LogP contribution is -2.43. The van der Waals surface area contributed by atoms with Gasteiger partial charge >= 0.3 is 0 Å². The fourth-order valence-electron chi connectivity index (χ4n) is 1.25. The summed E-state index contributed by atoms with van der Waals surface area (Å²) in [6, 6.07) is 1.39. The van der Waals surface area contributed by atoms with Crippen LogP contribution in [-0.2, 0) is 0 Å². The van der Waals surface area contributed by atoms with Crippen molar-refractivity contribution in [1.82, 2.24) is 4.57 Å². The Labute approximate surface area is 88.4 Å². The van der Waals surface area contributed by atoms with Crippen molar-refractivity contribution in [2.75, 3.05) is 0 Å². The number of hydrogen-bond acceptors (Lipinski definition) is 1. The van der Waals surface area contributed by atoms with Gasteiger partial charge < -0.3 is 4.57 Å². The van der Waals surface area contributed by atoms with Gasteiger partial charge in [0.05, 0.1) is 0 Å². The molecular weight excluding hydrogens is 190 g/mol. The summed E-state index contributed by atoms with van der Waals surface area (Å²) in [5, 5.41) is 0.926. The first-order valence-electron chi connectivity index (χ1n) is 5.20. The summed E-state index contributed by atoms with van der Waals surface area (Å²) in [5.41, 5.74) is 0. The van der Waals surface area contributed by atoms with Crippen molar-refractivity contribution in [1.29, 1.82) is 0 Å². The zero-order valence-corrected chi connectivity index (χ0v) is 12.2. The maximum Gasteiger partial charge on any atom is 0.142 e. The van der Waals surface area contributed by atoms with Gasteiger partial charge in [-0.15, -0.1) is 0 Å². The second-order valence-corrected chi connectivity index (χ2v) is 9.76. The first-order chi connectivity index (χ1) is 5.86. The summed E-state index contributed by atoms with van der Waals surface area (Å²) in [7, 11) is 0.914. The van der Waals surface area contributed by atoms with Crippen LogP contribution in [0.25, 0.3) is 0 Å². The van der Waals surface area contributed by atoms with Crippen LogP contribution in [0.4, 0.5) is 0 Å². The van der Waals surface area contributed by atoms with E-state index in [2.05, 4.69) is 52.3 Å². The van der Waals surface area contributed by atoms with Gasteiger partial charge in [-0.25, -0.2) is 0 Å². The van der Waals surface area contributed by atoms with E-state index in [1.807, 2.05) is 0 Å². The molecule has 0 aliphatic heterocycles. The molecule has 0 amide bonds.